The molecule has 3 rings (SSSR count). The summed E-state index contributed by atoms with van der Waals surface area (Å²) in [6.45, 7) is 3.15. The first-order valence-corrected chi connectivity index (χ1v) is 8.89. The number of imidazole rings is 1. The Morgan fingerprint density at radius 2 is 2.14 bits per heavy atom. The number of fused-ring (bicyclic) bond motifs is 1. The minimum absolute atomic E-state index is 0.553. The summed E-state index contributed by atoms with van der Waals surface area (Å²) in [6, 6.07) is 0.553. The molecule has 0 saturated heterocycles. The average molecular weight is 307 g/mol. The third-order valence-electron chi connectivity index (χ3n) is 4.72. The van der Waals surface area contributed by atoms with E-state index in [9.17, 15) is 0 Å². The summed E-state index contributed by atoms with van der Waals surface area (Å²) in [7, 11) is 1.70. The highest BCUT2D eigenvalue weighted by Gasteiger charge is 2.20. The molecule has 0 unspecified atom stereocenters. The van der Waals surface area contributed by atoms with Gasteiger partial charge < -0.3 is 10.1 Å². The lowest BCUT2D eigenvalue weighted by Gasteiger charge is -2.23. The van der Waals surface area contributed by atoms with E-state index < -0.39 is 0 Å². The molecule has 116 valence electrons. The van der Waals surface area contributed by atoms with Crippen LogP contribution in [0.15, 0.2) is 11.6 Å². The molecule has 1 N–H and O–H groups in total. The second-order valence-electron chi connectivity index (χ2n) is 6.04. The standard InChI is InChI=1S/C16H25N3OS/c1-12(13-7-5-3-4-6-8-13)17-11-14-15(20-2)18-16-19(14)9-10-21-16/h9-10,12-13,17H,3-8,11H2,1-2H3/t12-/m0/s1. The number of hydrogen-bond donors (Lipinski definition) is 1. The first-order valence-electron chi connectivity index (χ1n) is 8.01. The Morgan fingerprint density at radius 1 is 1.38 bits per heavy atom. The van der Waals surface area contributed by atoms with E-state index in [4.69, 9.17) is 4.74 Å². The molecular weight excluding hydrogens is 282 g/mol. The second kappa shape index (κ2) is 6.79. The van der Waals surface area contributed by atoms with Crippen LogP contribution in [-0.2, 0) is 6.54 Å². The van der Waals surface area contributed by atoms with Crippen LogP contribution in [-0.4, -0.2) is 22.5 Å². The van der Waals surface area contributed by atoms with E-state index in [1.807, 2.05) is 0 Å². The molecule has 1 saturated carbocycles. The van der Waals surface area contributed by atoms with Crippen LogP contribution in [0.1, 0.15) is 51.1 Å². The van der Waals surface area contributed by atoms with Gasteiger partial charge in [-0.25, -0.2) is 0 Å². The van der Waals surface area contributed by atoms with Crippen molar-refractivity contribution in [2.75, 3.05) is 7.11 Å². The van der Waals surface area contributed by atoms with Crippen LogP contribution < -0.4 is 10.1 Å². The van der Waals surface area contributed by atoms with Crippen LogP contribution in [0, 0.1) is 5.92 Å². The highest BCUT2D eigenvalue weighted by molar-refractivity contribution is 7.15. The fourth-order valence-electron chi connectivity index (χ4n) is 3.37. The highest BCUT2D eigenvalue weighted by atomic mass is 32.1. The number of methoxy groups -OCH3 is 1. The summed E-state index contributed by atoms with van der Waals surface area (Å²) < 4.78 is 7.56. The molecule has 0 amide bonds. The molecule has 0 bridgehead atoms. The molecule has 1 atom stereocenters. The lowest BCUT2D eigenvalue weighted by molar-refractivity contribution is 0.331. The fourth-order valence-corrected chi connectivity index (χ4v) is 4.10. The zero-order chi connectivity index (χ0) is 14.7. The van der Waals surface area contributed by atoms with Crippen molar-refractivity contribution >= 4 is 16.3 Å². The molecule has 2 aromatic rings. The molecule has 21 heavy (non-hydrogen) atoms. The van der Waals surface area contributed by atoms with Gasteiger partial charge in [0.1, 0.15) is 5.69 Å². The van der Waals surface area contributed by atoms with Gasteiger partial charge in [-0.15, -0.1) is 11.3 Å². The SMILES string of the molecule is COc1nc2sccn2c1CN[C@@H](C)C1CCCCCC1. The second-order valence-corrected chi connectivity index (χ2v) is 6.92. The van der Waals surface area contributed by atoms with E-state index in [1.165, 1.54) is 38.5 Å². The van der Waals surface area contributed by atoms with Crippen LogP contribution in [0.3, 0.4) is 0 Å². The van der Waals surface area contributed by atoms with Gasteiger partial charge in [0.15, 0.2) is 4.96 Å². The normalized spacial score (nSPS) is 18.8. The molecule has 0 aliphatic heterocycles. The summed E-state index contributed by atoms with van der Waals surface area (Å²) in [5.41, 5.74) is 1.13. The predicted molar refractivity (Wildman–Crippen MR) is 87.1 cm³/mol. The number of rotatable bonds is 5. The molecule has 2 heterocycles. The molecule has 1 fully saturated rings. The van der Waals surface area contributed by atoms with Gasteiger partial charge in [0.25, 0.3) is 0 Å². The van der Waals surface area contributed by atoms with Crippen LogP contribution in [0.4, 0.5) is 0 Å². The van der Waals surface area contributed by atoms with E-state index in [0.717, 1.165) is 29.0 Å². The zero-order valence-electron chi connectivity index (χ0n) is 13.0. The van der Waals surface area contributed by atoms with Gasteiger partial charge in [-0.2, -0.15) is 4.98 Å². The number of nitrogens with zero attached hydrogens (tertiary/aromatic N) is 2. The summed E-state index contributed by atoms with van der Waals surface area (Å²) in [5.74, 6) is 1.56. The zero-order valence-corrected chi connectivity index (χ0v) is 13.8. The Morgan fingerprint density at radius 3 is 2.86 bits per heavy atom. The van der Waals surface area contributed by atoms with E-state index in [0.29, 0.717) is 6.04 Å². The summed E-state index contributed by atoms with van der Waals surface area (Å²) in [4.78, 5) is 5.52. The Balaban J connectivity index is 1.66. The molecule has 0 radical (unpaired) electrons. The van der Waals surface area contributed by atoms with Gasteiger partial charge in [-0.1, -0.05) is 25.7 Å². The van der Waals surface area contributed by atoms with Crippen molar-refractivity contribution in [1.29, 1.82) is 0 Å². The van der Waals surface area contributed by atoms with Crippen molar-refractivity contribution < 1.29 is 4.74 Å². The molecule has 4 nitrogen and oxygen atoms in total. The van der Waals surface area contributed by atoms with Gasteiger partial charge in [0.05, 0.1) is 7.11 Å². The Hall–Kier alpha value is -1.07. The third kappa shape index (κ3) is 3.24. The number of hydrogen-bond acceptors (Lipinski definition) is 4. The average Bonchev–Trinajstić information content (AvgIpc) is 2.95. The minimum Gasteiger partial charge on any atom is -0.480 e. The van der Waals surface area contributed by atoms with Crippen molar-refractivity contribution in [2.45, 2.75) is 58.0 Å². The number of aromatic nitrogens is 2. The molecule has 5 heteroatoms. The number of nitrogens with one attached hydrogen (secondary N) is 1. The lowest BCUT2D eigenvalue weighted by Crippen LogP contribution is -2.33. The van der Waals surface area contributed by atoms with Crippen LogP contribution in [0.5, 0.6) is 5.88 Å². The molecule has 0 spiro atoms. The van der Waals surface area contributed by atoms with Gasteiger partial charge in [0.2, 0.25) is 5.88 Å². The minimum atomic E-state index is 0.553. The smallest absolute Gasteiger partial charge is 0.237 e. The van der Waals surface area contributed by atoms with Gasteiger partial charge in [0, 0.05) is 24.2 Å². The summed E-state index contributed by atoms with van der Waals surface area (Å²) in [5, 5.41) is 5.77. The quantitative estimate of drug-likeness (QED) is 0.853. The summed E-state index contributed by atoms with van der Waals surface area (Å²) in [6.07, 6.45) is 10.4. The topological polar surface area (TPSA) is 38.6 Å². The Labute approximate surface area is 130 Å². The number of thiazole rings is 1. The molecular formula is C16H25N3OS. The predicted octanol–water partition coefficient (Wildman–Crippen LogP) is 3.85. The molecule has 0 aromatic carbocycles. The first-order chi connectivity index (χ1) is 10.3. The molecule has 2 aromatic heterocycles. The van der Waals surface area contributed by atoms with Gasteiger partial charge >= 0.3 is 0 Å². The number of ether oxygens (including phenoxy) is 1. The third-order valence-corrected chi connectivity index (χ3v) is 5.47. The van der Waals surface area contributed by atoms with Crippen molar-refractivity contribution in [3.05, 3.63) is 17.3 Å². The van der Waals surface area contributed by atoms with Crippen molar-refractivity contribution in [1.82, 2.24) is 14.7 Å². The maximum atomic E-state index is 5.42. The van der Waals surface area contributed by atoms with Gasteiger partial charge in [-0.05, 0) is 25.7 Å². The van der Waals surface area contributed by atoms with Crippen LogP contribution in [0.25, 0.3) is 4.96 Å². The Kier molecular flexibility index (Phi) is 4.80. The van der Waals surface area contributed by atoms with Crippen LogP contribution >= 0.6 is 11.3 Å². The highest BCUT2D eigenvalue weighted by Crippen LogP contribution is 2.27. The van der Waals surface area contributed by atoms with Crippen molar-refractivity contribution in [3.63, 3.8) is 0 Å². The largest absolute Gasteiger partial charge is 0.480 e. The first kappa shape index (κ1) is 14.9. The van der Waals surface area contributed by atoms with E-state index in [1.54, 1.807) is 18.4 Å². The van der Waals surface area contributed by atoms with Crippen molar-refractivity contribution in [3.8, 4) is 5.88 Å². The molecule has 1 aliphatic rings. The maximum Gasteiger partial charge on any atom is 0.237 e. The maximum absolute atomic E-state index is 5.42. The summed E-state index contributed by atoms with van der Waals surface area (Å²) >= 11 is 1.65. The Bertz CT molecular complexity index is 569. The fraction of sp³-hybridized carbons (Fsp3) is 0.688. The van der Waals surface area contributed by atoms with Crippen molar-refractivity contribution in [2.24, 2.45) is 5.92 Å². The van der Waals surface area contributed by atoms with E-state index in [2.05, 4.69) is 33.2 Å². The van der Waals surface area contributed by atoms with E-state index in [-0.39, 0.29) is 0 Å². The van der Waals surface area contributed by atoms with E-state index >= 15 is 0 Å². The molecule has 1 aliphatic carbocycles. The van der Waals surface area contributed by atoms with Crippen LogP contribution in [0.2, 0.25) is 0 Å². The monoisotopic (exact) mass is 307 g/mol. The lowest BCUT2D eigenvalue weighted by atomic mass is 9.93. The van der Waals surface area contributed by atoms with Gasteiger partial charge in [-0.3, -0.25) is 4.40 Å².